The summed E-state index contributed by atoms with van der Waals surface area (Å²) in [6.07, 6.45) is 0. The molecule has 0 heterocycles. The lowest BCUT2D eigenvalue weighted by atomic mass is 10.0. The molecule has 5 heteroatoms. The third-order valence-electron chi connectivity index (χ3n) is 3.02. The highest BCUT2D eigenvalue weighted by Crippen LogP contribution is 2.17. The first-order valence-corrected chi connectivity index (χ1v) is 7.11. The lowest BCUT2D eigenvalue weighted by molar-refractivity contribution is -0.124. The van der Waals surface area contributed by atoms with Crippen LogP contribution in [-0.4, -0.2) is 31.0 Å². The number of nitrogens with one attached hydrogen (secondary N) is 2. The van der Waals surface area contributed by atoms with Crippen LogP contribution in [0.3, 0.4) is 0 Å². The molecule has 1 rings (SSSR count). The largest absolute Gasteiger partial charge is 0.496 e. The van der Waals surface area contributed by atoms with E-state index in [1.54, 1.807) is 24.3 Å². The van der Waals surface area contributed by atoms with Crippen LogP contribution in [0.4, 0.5) is 0 Å². The van der Waals surface area contributed by atoms with E-state index in [4.69, 9.17) is 4.74 Å². The molecule has 2 N–H and O–H groups in total. The Hall–Kier alpha value is -2.04. The number of ether oxygens (including phenoxy) is 1. The SMILES string of the molecule is COc1ccccc1C(=O)NC(C(=O)NC(C)C)C(C)C. The Morgan fingerprint density at radius 2 is 1.67 bits per heavy atom. The van der Waals surface area contributed by atoms with Gasteiger partial charge in [0.15, 0.2) is 0 Å². The van der Waals surface area contributed by atoms with Gasteiger partial charge in [0, 0.05) is 6.04 Å². The first-order valence-electron chi connectivity index (χ1n) is 7.11. The van der Waals surface area contributed by atoms with Crippen molar-refractivity contribution >= 4 is 11.8 Å². The Labute approximate surface area is 126 Å². The molecule has 0 aliphatic rings. The maximum absolute atomic E-state index is 12.4. The van der Waals surface area contributed by atoms with Gasteiger partial charge in [0.05, 0.1) is 12.7 Å². The molecule has 1 unspecified atom stereocenters. The van der Waals surface area contributed by atoms with E-state index >= 15 is 0 Å². The van der Waals surface area contributed by atoms with E-state index in [0.29, 0.717) is 11.3 Å². The summed E-state index contributed by atoms with van der Waals surface area (Å²) in [6, 6.07) is 6.39. The fourth-order valence-corrected chi connectivity index (χ4v) is 1.96. The van der Waals surface area contributed by atoms with Gasteiger partial charge in [0.25, 0.3) is 5.91 Å². The molecule has 1 atom stereocenters. The molecule has 0 aliphatic heterocycles. The Bertz CT molecular complexity index is 498. The lowest BCUT2D eigenvalue weighted by Crippen LogP contribution is -2.51. The molecule has 0 aliphatic carbocycles. The van der Waals surface area contributed by atoms with Crippen molar-refractivity contribution in [2.24, 2.45) is 5.92 Å². The normalized spacial score (nSPS) is 12.1. The minimum atomic E-state index is -0.579. The predicted octanol–water partition coefficient (Wildman–Crippen LogP) is 1.97. The van der Waals surface area contributed by atoms with Gasteiger partial charge < -0.3 is 15.4 Å². The van der Waals surface area contributed by atoms with Crippen LogP contribution in [0.15, 0.2) is 24.3 Å². The van der Waals surface area contributed by atoms with Gasteiger partial charge in [-0.3, -0.25) is 9.59 Å². The molecule has 116 valence electrons. The van der Waals surface area contributed by atoms with Crippen LogP contribution >= 0.6 is 0 Å². The van der Waals surface area contributed by atoms with Crippen LogP contribution in [0.2, 0.25) is 0 Å². The van der Waals surface area contributed by atoms with Gasteiger partial charge in [-0.25, -0.2) is 0 Å². The molecular weight excluding hydrogens is 268 g/mol. The summed E-state index contributed by atoms with van der Waals surface area (Å²) in [5.74, 6) is -0.0162. The van der Waals surface area contributed by atoms with Crippen molar-refractivity contribution in [1.29, 1.82) is 0 Å². The van der Waals surface area contributed by atoms with Crippen molar-refractivity contribution in [2.45, 2.75) is 39.8 Å². The van der Waals surface area contributed by atoms with Crippen LogP contribution in [0.25, 0.3) is 0 Å². The molecule has 0 fully saturated rings. The molecule has 2 amide bonds. The summed E-state index contributed by atoms with van der Waals surface area (Å²) < 4.78 is 5.17. The Balaban J connectivity index is 2.89. The Kier molecular flexibility index (Phi) is 6.21. The van der Waals surface area contributed by atoms with E-state index in [-0.39, 0.29) is 23.8 Å². The van der Waals surface area contributed by atoms with Crippen LogP contribution in [0, 0.1) is 5.92 Å². The molecular formula is C16H24N2O3. The zero-order valence-electron chi connectivity index (χ0n) is 13.3. The lowest BCUT2D eigenvalue weighted by Gasteiger charge is -2.23. The highest BCUT2D eigenvalue weighted by Gasteiger charge is 2.25. The summed E-state index contributed by atoms with van der Waals surface area (Å²) in [5.41, 5.74) is 0.419. The molecule has 0 spiro atoms. The van der Waals surface area contributed by atoms with E-state index in [0.717, 1.165) is 0 Å². The smallest absolute Gasteiger partial charge is 0.255 e. The van der Waals surface area contributed by atoms with Crippen LogP contribution in [0.5, 0.6) is 5.75 Å². The Morgan fingerprint density at radius 3 is 2.19 bits per heavy atom. The number of hydrogen-bond acceptors (Lipinski definition) is 3. The third-order valence-corrected chi connectivity index (χ3v) is 3.02. The molecule has 21 heavy (non-hydrogen) atoms. The van der Waals surface area contributed by atoms with Crippen molar-refractivity contribution in [1.82, 2.24) is 10.6 Å². The number of hydrogen-bond donors (Lipinski definition) is 2. The number of carbonyl (C=O) groups excluding carboxylic acids is 2. The van der Waals surface area contributed by atoms with Crippen LogP contribution < -0.4 is 15.4 Å². The Morgan fingerprint density at radius 1 is 1.05 bits per heavy atom. The molecule has 0 saturated carbocycles. The van der Waals surface area contributed by atoms with Crippen molar-refractivity contribution in [3.8, 4) is 5.75 Å². The number of para-hydroxylation sites is 1. The summed E-state index contributed by atoms with van der Waals surface area (Å²) in [7, 11) is 1.51. The molecule has 0 saturated heterocycles. The first-order chi connectivity index (χ1) is 9.86. The minimum absolute atomic E-state index is 0.0117. The quantitative estimate of drug-likeness (QED) is 0.842. The third kappa shape index (κ3) is 4.77. The second kappa shape index (κ2) is 7.67. The summed E-state index contributed by atoms with van der Waals surface area (Å²) in [6.45, 7) is 7.56. The molecule has 0 bridgehead atoms. The molecule has 0 aromatic heterocycles. The average molecular weight is 292 g/mol. The number of benzene rings is 1. The van der Waals surface area contributed by atoms with Gasteiger partial charge in [-0.05, 0) is 31.9 Å². The van der Waals surface area contributed by atoms with Gasteiger partial charge in [-0.2, -0.15) is 0 Å². The minimum Gasteiger partial charge on any atom is -0.496 e. The molecule has 5 nitrogen and oxygen atoms in total. The number of methoxy groups -OCH3 is 1. The van der Waals surface area contributed by atoms with Crippen molar-refractivity contribution in [3.63, 3.8) is 0 Å². The van der Waals surface area contributed by atoms with E-state index in [9.17, 15) is 9.59 Å². The average Bonchev–Trinajstić information content (AvgIpc) is 2.43. The van der Waals surface area contributed by atoms with Crippen LogP contribution in [0.1, 0.15) is 38.1 Å². The highest BCUT2D eigenvalue weighted by atomic mass is 16.5. The van der Waals surface area contributed by atoms with Crippen molar-refractivity contribution in [2.75, 3.05) is 7.11 Å². The summed E-state index contributed by atoms with van der Waals surface area (Å²) >= 11 is 0. The number of carbonyl (C=O) groups is 2. The molecule has 1 aromatic rings. The van der Waals surface area contributed by atoms with E-state index in [1.807, 2.05) is 27.7 Å². The zero-order valence-corrected chi connectivity index (χ0v) is 13.3. The summed E-state index contributed by atoms with van der Waals surface area (Å²) in [4.78, 5) is 24.5. The van der Waals surface area contributed by atoms with E-state index in [1.165, 1.54) is 7.11 Å². The molecule has 1 aromatic carbocycles. The zero-order chi connectivity index (χ0) is 16.0. The van der Waals surface area contributed by atoms with Crippen molar-refractivity contribution in [3.05, 3.63) is 29.8 Å². The van der Waals surface area contributed by atoms with Crippen molar-refractivity contribution < 1.29 is 14.3 Å². The maximum Gasteiger partial charge on any atom is 0.255 e. The fourth-order valence-electron chi connectivity index (χ4n) is 1.96. The van der Waals surface area contributed by atoms with E-state index < -0.39 is 6.04 Å². The molecule has 0 radical (unpaired) electrons. The number of amides is 2. The van der Waals surface area contributed by atoms with Gasteiger partial charge in [-0.1, -0.05) is 26.0 Å². The topological polar surface area (TPSA) is 67.4 Å². The fraction of sp³-hybridized carbons (Fsp3) is 0.500. The second-order valence-electron chi connectivity index (χ2n) is 5.56. The van der Waals surface area contributed by atoms with Gasteiger partial charge in [0.1, 0.15) is 11.8 Å². The second-order valence-corrected chi connectivity index (χ2v) is 5.56. The monoisotopic (exact) mass is 292 g/mol. The number of rotatable bonds is 6. The predicted molar refractivity (Wildman–Crippen MR) is 82.4 cm³/mol. The highest BCUT2D eigenvalue weighted by molar-refractivity contribution is 5.99. The van der Waals surface area contributed by atoms with Gasteiger partial charge >= 0.3 is 0 Å². The first kappa shape index (κ1) is 17.0. The van der Waals surface area contributed by atoms with Crippen LogP contribution in [-0.2, 0) is 4.79 Å². The van der Waals surface area contributed by atoms with Gasteiger partial charge in [0.2, 0.25) is 5.91 Å². The summed E-state index contributed by atoms with van der Waals surface area (Å²) in [5, 5.41) is 5.61. The maximum atomic E-state index is 12.4. The van der Waals surface area contributed by atoms with Gasteiger partial charge in [-0.15, -0.1) is 0 Å². The standard InChI is InChI=1S/C16H24N2O3/c1-10(2)14(16(20)17-11(3)4)18-15(19)12-8-6-7-9-13(12)21-5/h6-11,14H,1-5H3,(H,17,20)(H,18,19). The van der Waals surface area contributed by atoms with E-state index in [2.05, 4.69) is 10.6 Å².